The fraction of sp³-hybridized carbons (Fsp3) is 0.438. The number of amides is 1. The highest BCUT2D eigenvalue weighted by molar-refractivity contribution is 8.13. The van der Waals surface area contributed by atoms with E-state index in [0.29, 0.717) is 11.7 Å². The first-order valence-electron chi connectivity index (χ1n) is 7.08. The van der Waals surface area contributed by atoms with Crippen LogP contribution in [0.25, 0.3) is 0 Å². The second-order valence-corrected chi connectivity index (χ2v) is 6.69. The predicted molar refractivity (Wildman–Crippen MR) is 93.6 cm³/mol. The molecule has 0 bridgehead atoms. The standard InChI is InChI=1S/C16H22N4O2S/c1-11-6-12(9-18-15(21)22-16(2,3)4)8-13(7-11)20-14(23-5)19-10-17/h6-8H,9H2,1-5H3,(H,18,21)(H,19,20). The van der Waals surface area contributed by atoms with Crippen LogP contribution < -0.4 is 10.6 Å². The number of hydrogen-bond acceptors (Lipinski definition) is 5. The fourth-order valence-corrected chi connectivity index (χ4v) is 2.13. The zero-order chi connectivity index (χ0) is 17.5. The predicted octanol–water partition coefficient (Wildman–Crippen LogP) is 3.44. The number of thioether (sulfide) groups is 1. The molecule has 6 nitrogen and oxygen atoms in total. The van der Waals surface area contributed by atoms with E-state index >= 15 is 0 Å². The molecular formula is C16H22N4O2S. The zero-order valence-corrected chi connectivity index (χ0v) is 14.9. The van der Waals surface area contributed by atoms with Gasteiger partial charge in [-0.05, 0) is 57.2 Å². The first-order valence-corrected chi connectivity index (χ1v) is 8.31. The number of nitrogens with zero attached hydrogens (tertiary/aromatic N) is 2. The molecule has 1 aromatic carbocycles. The first kappa shape index (κ1) is 18.8. The average Bonchev–Trinajstić information content (AvgIpc) is 2.42. The van der Waals surface area contributed by atoms with Gasteiger partial charge in [-0.15, -0.1) is 0 Å². The number of benzene rings is 1. The van der Waals surface area contributed by atoms with E-state index in [1.165, 1.54) is 11.8 Å². The molecule has 7 heteroatoms. The Bertz CT molecular complexity index is 630. The van der Waals surface area contributed by atoms with Crippen LogP contribution in [0, 0.1) is 18.4 Å². The van der Waals surface area contributed by atoms with Crippen LogP contribution in [0.15, 0.2) is 23.2 Å². The van der Waals surface area contributed by atoms with Gasteiger partial charge in [-0.1, -0.05) is 17.8 Å². The van der Waals surface area contributed by atoms with Crippen LogP contribution in [0.1, 0.15) is 31.9 Å². The minimum atomic E-state index is -0.525. The largest absolute Gasteiger partial charge is 0.444 e. The first-order chi connectivity index (χ1) is 10.7. The molecule has 124 valence electrons. The van der Waals surface area contributed by atoms with Gasteiger partial charge in [0.2, 0.25) is 0 Å². The number of alkyl carbamates (subject to hydrolysis) is 1. The van der Waals surface area contributed by atoms with E-state index in [-0.39, 0.29) is 0 Å². The monoisotopic (exact) mass is 334 g/mol. The Morgan fingerprint density at radius 2 is 2.09 bits per heavy atom. The van der Waals surface area contributed by atoms with E-state index in [9.17, 15) is 4.79 Å². The normalized spacial score (nSPS) is 11.6. The van der Waals surface area contributed by atoms with Gasteiger partial charge in [0.05, 0.1) is 5.69 Å². The van der Waals surface area contributed by atoms with E-state index in [1.54, 1.807) is 0 Å². The SMILES string of the molecule is CSC(=Nc1cc(C)cc(CNC(=O)OC(C)(C)C)c1)NC#N. The number of rotatable bonds is 3. The molecule has 23 heavy (non-hydrogen) atoms. The summed E-state index contributed by atoms with van der Waals surface area (Å²) in [5, 5.41) is 14.4. The summed E-state index contributed by atoms with van der Waals surface area (Å²) in [6, 6.07) is 5.73. The number of nitriles is 1. The average molecular weight is 334 g/mol. The van der Waals surface area contributed by atoms with Gasteiger partial charge in [-0.2, -0.15) is 5.26 Å². The van der Waals surface area contributed by atoms with Crippen LogP contribution in [0.5, 0.6) is 0 Å². The number of amidine groups is 1. The molecule has 0 atom stereocenters. The van der Waals surface area contributed by atoms with Crippen molar-refractivity contribution in [2.45, 2.75) is 39.8 Å². The van der Waals surface area contributed by atoms with E-state index in [0.717, 1.165) is 16.8 Å². The van der Waals surface area contributed by atoms with Crippen LogP contribution in [0.4, 0.5) is 10.5 Å². The molecule has 0 heterocycles. The van der Waals surface area contributed by atoms with Crippen molar-refractivity contribution in [3.8, 4) is 6.19 Å². The molecule has 0 aliphatic carbocycles. The van der Waals surface area contributed by atoms with Crippen LogP contribution in [0.2, 0.25) is 0 Å². The molecule has 0 saturated heterocycles. The van der Waals surface area contributed by atoms with E-state index in [4.69, 9.17) is 10.00 Å². The Morgan fingerprint density at radius 1 is 1.39 bits per heavy atom. The summed E-state index contributed by atoms with van der Waals surface area (Å²) >= 11 is 1.35. The number of hydrogen-bond donors (Lipinski definition) is 2. The molecule has 0 aliphatic rings. The quantitative estimate of drug-likeness (QED) is 0.383. The van der Waals surface area contributed by atoms with E-state index in [1.807, 2.05) is 58.3 Å². The van der Waals surface area contributed by atoms with Crippen molar-refractivity contribution in [3.63, 3.8) is 0 Å². The highest BCUT2D eigenvalue weighted by Gasteiger charge is 2.15. The number of aliphatic imine (C=N–C) groups is 1. The summed E-state index contributed by atoms with van der Waals surface area (Å²) in [6.07, 6.45) is 3.23. The van der Waals surface area contributed by atoms with Crippen molar-refractivity contribution in [2.75, 3.05) is 6.26 Å². The molecule has 1 rings (SSSR count). The van der Waals surface area contributed by atoms with E-state index in [2.05, 4.69) is 15.6 Å². The van der Waals surface area contributed by atoms with Gasteiger partial charge in [0.25, 0.3) is 0 Å². The Labute approximate surface area is 141 Å². The van der Waals surface area contributed by atoms with Crippen molar-refractivity contribution < 1.29 is 9.53 Å². The molecule has 0 spiro atoms. The molecule has 0 aliphatic heterocycles. The lowest BCUT2D eigenvalue weighted by molar-refractivity contribution is 0.0523. The van der Waals surface area contributed by atoms with Crippen molar-refractivity contribution in [2.24, 2.45) is 4.99 Å². The molecule has 0 saturated carbocycles. The van der Waals surface area contributed by atoms with Crippen LogP contribution >= 0.6 is 11.8 Å². The van der Waals surface area contributed by atoms with E-state index < -0.39 is 11.7 Å². The summed E-state index contributed by atoms with van der Waals surface area (Å²) in [6.45, 7) is 7.75. The molecule has 0 radical (unpaired) electrons. The maximum Gasteiger partial charge on any atom is 0.407 e. The molecule has 0 unspecified atom stereocenters. The Kier molecular flexibility index (Phi) is 6.91. The third-order valence-corrected chi connectivity index (χ3v) is 3.12. The fourth-order valence-electron chi connectivity index (χ4n) is 1.79. The number of nitrogens with one attached hydrogen (secondary N) is 2. The van der Waals surface area contributed by atoms with Crippen molar-refractivity contribution in [1.29, 1.82) is 5.26 Å². The number of ether oxygens (including phenoxy) is 1. The third-order valence-electron chi connectivity index (χ3n) is 2.54. The van der Waals surface area contributed by atoms with Crippen molar-refractivity contribution >= 4 is 28.7 Å². The summed E-state index contributed by atoms with van der Waals surface area (Å²) < 4.78 is 5.21. The minimum absolute atomic E-state index is 0.347. The van der Waals surface area contributed by atoms with Crippen molar-refractivity contribution in [3.05, 3.63) is 29.3 Å². The zero-order valence-electron chi connectivity index (χ0n) is 14.1. The van der Waals surface area contributed by atoms with Gasteiger partial charge in [0, 0.05) is 6.54 Å². The minimum Gasteiger partial charge on any atom is -0.444 e. The molecule has 1 aromatic rings. The molecule has 0 aromatic heterocycles. The van der Waals surface area contributed by atoms with Gasteiger partial charge in [-0.25, -0.2) is 9.79 Å². The second kappa shape index (κ2) is 8.44. The maximum atomic E-state index is 11.7. The molecule has 0 fully saturated rings. The smallest absolute Gasteiger partial charge is 0.407 e. The molecule has 2 N–H and O–H groups in total. The lowest BCUT2D eigenvalue weighted by Crippen LogP contribution is -2.32. The van der Waals surface area contributed by atoms with Gasteiger partial charge >= 0.3 is 6.09 Å². The van der Waals surface area contributed by atoms with Gasteiger partial charge in [0.15, 0.2) is 11.4 Å². The van der Waals surface area contributed by atoms with Gasteiger partial charge in [0.1, 0.15) is 5.60 Å². The summed E-state index contributed by atoms with van der Waals surface area (Å²) in [5.74, 6) is 0. The van der Waals surface area contributed by atoms with Gasteiger partial charge in [-0.3, -0.25) is 5.32 Å². The Hall–Kier alpha value is -2.20. The Balaban J connectivity index is 2.82. The lowest BCUT2D eigenvalue weighted by atomic mass is 10.1. The second-order valence-electron chi connectivity index (χ2n) is 5.89. The highest BCUT2D eigenvalue weighted by atomic mass is 32.2. The third kappa shape index (κ3) is 7.56. The van der Waals surface area contributed by atoms with Crippen LogP contribution in [0.3, 0.4) is 0 Å². The van der Waals surface area contributed by atoms with Gasteiger partial charge < -0.3 is 10.1 Å². The van der Waals surface area contributed by atoms with Crippen molar-refractivity contribution in [1.82, 2.24) is 10.6 Å². The summed E-state index contributed by atoms with van der Waals surface area (Å²) in [5.41, 5.74) is 2.12. The summed E-state index contributed by atoms with van der Waals surface area (Å²) in [4.78, 5) is 16.1. The number of carbonyl (C=O) groups excluding carboxylic acids is 1. The molecular weight excluding hydrogens is 312 g/mol. The topological polar surface area (TPSA) is 86.5 Å². The molecule has 1 amide bonds. The summed E-state index contributed by atoms with van der Waals surface area (Å²) in [7, 11) is 0. The van der Waals surface area contributed by atoms with Crippen LogP contribution in [-0.2, 0) is 11.3 Å². The lowest BCUT2D eigenvalue weighted by Gasteiger charge is -2.19. The number of carbonyl (C=O) groups is 1. The highest BCUT2D eigenvalue weighted by Crippen LogP contribution is 2.19. The Morgan fingerprint density at radius 3 is 2.65 bits per heavy atom. The maximum absolute atomic E-state index is 11.7. The van der Waals surface area contributed by atoms with Crippen LogP contribution in [-0.4, -0.2) is 23.1 Å². The number of aryl methyl sites for hydroxylation is 1.